The quantitative estimate of drug-likeness (QED) is 0.287. The van der Waals surface area contributed by atoms with Gasteiger partial charge >= 0.3 is 0 Å². The number of ether oxygens (including phenoxy) is 1. The van der Waals surface area contributed by atoms with Crippen molar-refractivity contribution >= 4 is 34.7 Å². The van der Waals surface area contributed by atoms with Crippen LogP contribution in [0.15, 0.2) is 78.9 Å². The van der Waals surface area contributed by atoms with E-state index in [9.17, 15) is 5.11 Å². The lowest BCUT2D eigenvalue weighted by molar-refractivity contribution is 0.0760. The van der Waals surface area contributed by atoms with Crippen molar-refractivity contribution in [3.05, 3.63) is 112 Å². The van der Waals surface area contributed by atoms with Crippen LogP contribution in [0.25, 0.3) is 23.1 Å². The lowest BCUT2D eigenvalue weighted by Crippen LogP contribution is -2.18. The SMILES string of the molecule is CO[C@@H](CCc1ccccc1C(C)(C)O)c1cccc(/C=C/c2ccc3ccc(Cl)cc3n2)c1. The van der Waals surface area contributed by atoms with Crippen molar-refractivity contribution in [2.24, 2.45) is 0 Å². The van der Waals surface area contributed by atoms with E-state index in [-0.39, 0.29) is 6.10 Å². The molecule has 0 unspecified atom stereocenters. The van der Waals surface area contributed by atoms with Gasteiger partial charge in [0.2, 0.25) is 0 Å². The minimum absolute atomic E-state index is 0.0378. The van der Waals surface area contributed by atoms with Crippen LogP contribution in [0.4, 0.5) is 0 Å². The molecule has 174 valence electrons. The predicted molar refractivity (Wildman–Crippen MR) is 142 cm³/mol. The molecule has 1 aromatic heterocycles. The Morgan fingerprint density at radius 2 is 1.76 bits per heavy atom. The fourth-order valence-corrected chi connectivity index (χ4v) is 4.45. The van der Waals surface area contributed by atoms with Crippen molar-refractivity contribution < 1.29 is 9.84 Å². The van der Waals surface area contributed by atoms with Crippen LogP contribution in [0.3, 0.4) is 0 Å². The number of halogens is 1. The van der Waals surface area contributed by atoms with Crippen LogP contribution in [-0.4, -0.2) is 17.2 Å². The van der Waals surface area contributed by atoms with Crippen molar-refractivity contribution in [1.29, 1.82) is 0 Å². The van der Waals surface area contributed by atoms with Gasteiger partial charge in [0.25, 0.3) is 0 Å². The first-order chi connectivity index (χ1) is 16.3. The molecule has 0 saturated heterocycles. The van der Waals surface area contributed by atoms with E-state index >= 15 is 0 Å². The summed E-state index contributed by atoms with van der Waals surface area (Å²) in [6.07, 6.45) is 5.69. The van der Waals surface area contributed by atoms with E-state index in [1.807, 2.05) is 62.4 Å². The van der Waals surface area contributed by atoms with E-state index in [1.54, 1.807) is 7.11 Å². The largest absolute Gasteiger partial charge is 0.386 e. The van der Waals surface area contributed by atoms with Crippen LogP contribution in [0.1, 0.15) is 54.3 Å². The first kappa shape index (κ1) is 24.2. The lowest BCUT2D eigenvalue weighted by atomic mass is 9.90. The summed E-state index contributed by atoms with van der Waals surface area (Å²) in [4.78, 5) is 4.70. The van der Waals surface area contributed by atoms with Crippen LogP contribution in [0.5, 0.6) is 0 Å². The zero-order valence-electron chi connectivity index (χ0n) is 19.8. The van der Waals surface area contributed by atoms with Crippen molar-refractivity contribution in [3.63, 3.8) is 0 Å². The molecule has 4 heteroatoms. The van der Waals surface area contributed by atoms with Gasteiger partial charge in [-0.15, -0.1) is 0 Å². The predicted octanol–water partition coefficient (Wildman–Crippen LogP) is 7.61. The van der Waals surface area contributed by atoms with Crippen molar-refractivity contribution in [1.82, 2.24) is 4.98 Å². The maximum atomic E-state index is 10.5. The zero-order valence-corrected chi connectivity index (χ0v) is 20.6. The number of methoxy groups -OCH3 is 1. The summed E-state index contributed by atoms with van der Waals surface area (Å²) in [5.41, 5.74) is 5.22. The number of benzene rings is 3. The van der Waals surface area contributed by atoms with Gasteiger partial charge in [0.05, 0.1) is 22.9 Å². The molecule has 4 rings (SSSR count). The van der Waals surface area contributed by atoms with Crippen LogP contribution in [0.2, 0.25) is 5.02 Å². The molecule has 0 aliphatic rings. The molecule has 1 N–H and O–H groups in total. The molecule has 1 heterocycles. The Labute approximate surface area is 206 Å². The highest BCUT2D eigenvalue weighted by molar-refractivity contribution is 6.31. The van der Waals surface area contributed by atoms with Gasteiger partial charge in [-0.2, -0.15) is 0 Å². The van der Waals surface area contributed by atoms with Gasteiger partial charge in [-0.05, 0) is 79.3 Å². The third-order valence-electron chi connectivity index (χ3n) is 6.04. The summed E-state index contributed by atoms with van der Waals surface area (Å²) in [6, 6.07) is 26.3. The number of nitrogens with zero attached hydrogens (tertiary/aromatic N) is 1. The molecule has 3 aromatic carbocycles. The summed E-state index contributed by atoms with van der Waals surface area (Å²) in [7, 11) is 1.75. The van der Waals surface area contributed by atoms with Gasteiger partial charge < -0.3 is 9.84 Å². The van der Waals surface area contributed by atoms with Crippen molar-refractivity contribution in [2.45, 2.75) is 38.4 Å². The van der Waals surface area contributed by atoms with Crippen molar-refractivity contribution in [3.8, 4) is 0 Å². The normalized spacial score (nSPS) is 13.0. The summed E-state index contributed by atoms with van der Waals surface area (Å²) >= 11 is 6.12. The van der Waals surface area contributed by atoms with E-state index in [4.69, 9.17) is 21.3 Å². The smallest absolute Gasteiger partial charge is 0.0843 e. The van der Waals surface area contributed by atoms with E-state index < -0.39 is 5.60 Å². The van der Waals surface area contributed by atoms with Crippen molar-refractivity contribution in [2.75, 3.05) is 7.11 Å². The molecule has 0 aliphatic carbocycles. The molecule has 0 saturated carbocycles. The molecule has 0 aliphatic heterocycles. The molecule has 3 nitrogen and oxygen atoms in total. The minimum atomic E-state index is -0.869. The lowest BCUT2D eigenvalue weighted by Gasteiger charge is -2.23. The first-order valence-electron chi connectivity index (χ1n) is 11.5. The summed E-state index contributed by atoms with van der Waals surface area (Å²) in [5, 5.41) is 12.3. The zero-order chi connectivity index (χ0) is 24.1. The van der Waals surface area contributed by atoms with Gasteiger partial charge in [-0.25, -0.2) is 4.98 Å². The highest BCUT2D eigenvalue weighted by atomic mass is 35.5. The van der Waals surface area contributed by atoms with Crippen LogP contribution in [0, 0.1) is 0 Å². The molecule has 0 amide bonds. The maximum absolute atomic E-state index is 10.5. The molecular formula is C30H30ClNO2. The highest BCUT2D eigenvalue weighted by Crippen LogP contribution is 2.29. The molecule has 0 bridgehead atoms. The fraction of sp³-hybridized carbons (Fsp3) is 0.233. The van der Waals surface area contributed by atoms with Gasteiger partial charge in [0.15, 0.2) is 0 Å². The number of hydrogen-bond acceptors (Lipinski definition) is 3. The number of aryl methyl sites for hydroxylation is 1. The standard InChI is InChI=1S/C30H30ClNO2/c1-30(2,33)27-10-5-4-8-22(27)14-18-29(34-3)24-9-6-7-21(19-24)11-16-26-17-13-23-12-15-25(31)20-28(23)32-26/h4-13,15-17,19-20,29,33H,14,18H2,1-3H3/b16-11+/t29-/m0/s1. The fourth-order valence-electron chi connectivity index (χ4n) is 4.29. The Morgan fingerprint density at radius 1 is 0.971 bits per heavy atom. The molecule has 1 atom stereocenters. The molecule has 0 spiro atoms. The number of pyridine rings is 1. The third kappa shape index (κ3) is 5.92. The second-order valence-corrected chi connectivity index (χ2v) is 9.49. The van der Waals surface area contributed by atoms with Gasteiger partial charge in [-0.3, -0.25) is 0 Å². The average molecular weight is 472 g/mol. The summed E-state index contributed by atoms with van der Waals surface area (Å²) in [6.45, 7) is 3.66. The molecule has 0 radical (unpaired) electrons. The Balaban J connectivity index is 1.50. The minimum Gasteiger partial charge on any atom is -0.386 e. The monoisotopic (exact) mass is 471 g/mol. The molecule has 0 fully saturated rings. The topological polar surface area (TPSA) is 42.4 Å². The van der Waals surface area contributed by atoms with Gasteiger partial charge in [0, 0.05) is 17.5 Å². The molecular weight excluding hydrogens is 442 g/mol. The molecule has 34 heavy (non-hydrogen) atoms. The summed E-state index contributed by atoms with van der Waals surface area (Å²) < 4.78 is 5.85. The molecule has 4 aromatic rings. The Morgan fingerprint density at radius 3 is 2.56 bits per heavy atom. The number of fused-ring (bicyclic) bond motifs is 1. The second-order valence-electron chi connectivity index (χ2n) is 9.06. The Bertz CT molecular complexity index is 1310. The number of aromatic nitrogens is 1. The van der Waals surface area contributed by atoms with Crippen LogP contribution < -0.4 is 0 Å². The van der Waals surface area contributed by atoms with Crippen LogP contribution >= 0.6 is 11.6 Å². The van der Waals surface area contributed by atoms with Crippen LogP contribution in [-0.2, 0) is 16.8 Å². The number of aliphatic hydroxyl groups is 1. The number of rotatable bonds is 8. The number of hydrogen-bond donors (Lipinski definition) is 1. The maximum Gasteiger partial charge on any atom is 0.0843 e. The van der Waals surface area contributed by atoms with E-state index in [1.165, 1.54) is 0 Å². The Kier molecular flexibility index (Phi) is 7.47. The van der Waals surface area contributed by atoms with E-state index in [0.717, 1.165) is 51.7 Å². The van der Waals surface area contributed by atoms with E-state index in [2.05, 4.69) is 42.5 Å². The highest BCUT2D eigenvalue weighted by Gasteiger charge is 2.20. The third-order valence-corrected chi connectivity index (χ3v) is 6.28. The van der Waals surface area contributed by atoms with Gasteiger partial charge in [-0.1, -0.05) is 72.3 Å². The second kappa shape index (κ2) is 10.5. The van der Waals surface area contributed by atoms with Gasteiger partial charge in [0.1, 0.15) is 0 Å². The summed E-state index contributed by atoms with van der Waals surface area (Å²) in [5.74, 6) is 0. The van der Waals surface area contributed by atoms with E-state index in [0.29, 0.717) is 5.02 Å². The Hall–Kier alpha value is -2.98. The average Bonchev–Trinajstić information content (AvgIpc) is 2.83. The first-order valence-corrected chi connectivity index (χ1v) is 11.9.